The second-order valence-electron chi connectivity index (χ2n) is 4.09. The highest BCUT2D eigenvalue weighted by Gasteiger charge is 2.41. The lowest BCUT2D eigenvalue weighted by Crippen LogP contribution is -2.29. The fourth-order valence-corrected chi connectivity index (χ4v) is 1.69. The van der Waals surface area contributed by atoms with Crippen molar-refractivity contribution in [2.45, 2.75) is 25.1 Å². The molecule has 0 aliphatic rings. The van der Waals surface area contributed by atoms with Crippen molar-refractivity contribution in [1.29, 1.82) is 0 Å². The normalized spacial score (nSPS) is 15.1. The van der Waals surface area contributed by atoms with Crippen molar-refractivity contribution in [1.82, 2.24) is 0 Å². The van der Waals surface area contributed by atoms with Crippen molar-refractivity contribution < 1.29 is 23.1 Å². The minimum atomic E-state index is -4.55. The monoisotopic (exact) mass is 261 g/mol. The molecule has 0 aromatic heterocycles. The number of halogens is 3. The molecule has 1 aromatic rings. The molecule has 0 radical (unpaired) electrons. The predicted octanol–water partition coefficient (Wildman–Crippen LogP) is 2.73. The molecule has 18 heavy (non-hydrogen) atoms. The molecule has 0 aliphatic carbocycles. The highest BCUT2D eigenvalue weighted by Crippen LogP contribution is 2.35. The zero-order chi connectivity index (χ0) is 13.8. The second kappa shape index (κ2) is 5.86. The van der Waals surface area contributed by atoms with Crippen LogP contribution in [0.25, 0.3) is 0 Å². The van der Waals surface area contributed by atoms with Gasteiger partial charge in [-0.2, -0.15) is 13.2 Å². The van der Waals surface area contributed by atoms with Crippen LogP contribution in [0.4, 0.5) is 13.2 Å². The number of benzene rings is 1. The van der Waals surface area contributed by atoms with Crippen molar-refractivity contribution in [2.24, 2.45) is 11.7 Å². The Morgan fingerprint density at radius 3 is 2.28 bits per heavy atom. The van der Waals surface area contributed by atoms with Gasteiger partial charge in [0, 0.05) is 6.04 Å². The lowest BCUT2D eigenvalue weighted by molar-refractivity contribution is -0.185. The average molecular weight is 261 g/mol. The quantitative estimate of drug-likeness (QED) is 0.856. The fraction of sp³-hybridized carbons (Fsp3) is 0.417. The maximum absolute atomic E-state index is 12.6. The minimum absolute atomic E-state index is 0.431. The van der Waals surface area contributed by atoms with Gasteiger partial charge >= 0.3 is 12.1 Å². The van der Waals surface area contributed by atoms with Crippen LogP contribution < -0.4 is 5.73 Å². The SMILES string of the molecule is N[C@@H](C[C@@H](CC(=O)O)C(F)(F)F)c1ccccc1. The molecule has 6 heteroatoms. The zero-order valence-electron chi connectivity index (χ0n) is 9.52. The number of carboxylic acid groups (broad SMARTS) is 1. The summed E-state index contributed by atoms with van der Waals surface area (Å²) in [6.45, 7) is 0. The molecule has 100 valence electrons. The number of hydrogen-bond acceptors (Lipinski definition) is 2. The van der Waals surface area contributed by atoms with E-state index in [-0.39, 0.29) is 0 Å². The first-order valence-electron chi connectivity index (χ1n) is 5.39. The van der Waals surface area contributed by atoms with Gasteiger partial charge in [-0.25, -0.2) is 0 Å². The van der Waals surface area contributed by atoms with E-state index in [9.17, 15) is 18.0 Å². The molecular formula is C12H14F3NO2. The number of rotatable bonds is 5. The Kier molecular flexibility index (Phi) is 4.72. The Morgan fingerprint density at radius 1 is 1.28 bits per heavy atom. The first-order valence-corrected chi connectivity index (χ1v) is 5.39. The maximum atomic E-state index is 12.6. The number of carboxylic acids is 1. The molecule has 0 amide bonds. The molecule has 1 rings (SSSR count). The molecular weight excluding hydrogens is 247 g/mol. The number of hydrogen-bond donors (Lipinski definition) is 2. The van der Waals surface area contributed by atoms with Gasteiger partial charge in [-0.3, -0.25) is 4.79 Å². The van der Waals surface area contributed by atoms with Gasteiger partial charge in [0.05, 0.1) is 12.3 Å². The fourth-order valence-electron chi connectivity index (χ4n) is 1.69. The van der Waals surface area contributed by atoms with Gasteiger partial charge in [-0.05, 0) is 12.0 Å². The molecule has 3 N–H and O–H groups in total. The van der Waals surface area contributed by atoms with Gasteiger partial charge in [-0.1, -0.05) is 30.3 Å². The van der Waals surface area contributed by atoms with Crippen LogP contribution in [0.3, 0.4) is 0 Å². The van der Waals surface area contributed by atoms with Gasteiger partial charge in [-0.15, -0.1) is 0 Å². The molecule has 0 saturated carbocycles. The average Bonchev–Trinajstić information content (AvgIpc) is 2.27. The van der Waals surface area contributed by atoms with Crippen LogP contribution in [-0.4, -0.2) is 17.3 Å². The summed E-state index contributed by atoms with van der Waals surface area (Å²) in [7, 11) is 0. The van der Waals surface area contributed by atoms with Crippen LogP contribution in [0, 0.1) is 5.92 Å². The Balaban J connectivity index is 2.75. The Hall–Kier alpha value is -1.56. The van der Waals surface area contributed by atoms with Crippen molar-refractivity contribution in [2.75, 3.05) is 0 Å². The second-order valence-corrected chi connectivity index (χ2v) is 4.09. The van der Waals surface area contributed by atoms with E-state index in [2.05, 4.69) is 0 Å². The maximum Gasteiger partial charge on any atom is 0.392 e. The molecule has 3 nitrogen and oxygen atoms in total. The molecule has 0 heterocycles. The molecule has 0 spiro atoms. The van der Waals surface area contributed by atoms with Crippen molar-refractivity contribution in [3.05, 3.63) is 35.9 Å². The number of nitrogens with two attached hydrogens (primary N) is 1. The summed E-state index contributed by atoms with van der Waals surface area (Å²) in [4.78, 5) is 10.4. The lowest BCUT2D eigenvalue weighted by atomic mass is 9.92. The van der Waals surface area contributed by atoms with Crippen molar-refractivity contribution in [3.8, 4) is 0 Å². The lowest BCUT2D eigenvalue weighted by Gasteiger charge is -2.22. The van der Waals surface area contributed by atoms with Gasteiger partial charge < -0.3 is 10.8 Å². The van der Waals surface area contributed by atoms with Gasteiger partial charge in [0.2, 0.25) is 0 Å². The summed E-state index contributed by atoms with van der Waals surface area (Å²) >= 11 is 0. The first kappa shape index (κ1) is 14.5. The molecule has 0 fully saturated rings. The number of aliphatic carboxylic acids is 1. The highest BCUT2D eigenvalue weighted by atomic mass is 19.4. The van der Waals surface area contributed by atoms with Crippen LogP contribution in [0.2, 0.25) is 0 Å². The summed E-state index contributed by atoms with van der Waals surface area (Å²) in [5, 5.41) is 8.49. The molecule has 0 unspecified atom stereocenters. The van der Waals surface area contributed by atoms with Crippen molar-refractivity contribution in [3.63, 3.8) is 0 Å². The van der Waals surface area contributed by atoms with Crippen molar-refractivity contribution >= 4 is 5.97 Å². The molecule has 2 atom stereocenters. The molecule has 0 saturated heterocycles. The van der Waals surface area contributed by atoms with E-state index in [4.69, 9.17) is 10.8 Å². The number of alkyl halides is 3. The highest BCUT2D eigenvalue weighted by molar-refractivity contribution is 5.67. The van der Waals surface area contributed by atoms with Crippen LogP contribution in [0.5, 0.6) is 0 Å². The third kappa shape index (κ3) is 4.37. The standard InChI is InChI=1S/C12H14F3NO2/c13-12(14,15)9(7-11(17)18)6-10(16)8-4-2-1-3-5-8/h1-5,9-10H,6-7,16H2,(H,17,18)/t9-,10-/m0/s1. The number of carbonyl (C=O) groups is 1. The Morgan fingerprint density at radius 2 is 1.83 bits per heavy atom. The largest absolute Gasteiger partial charge is 0.481 e. The van der Waals surface area contributed by atoms with Crippen LogP contribution in [0.1, 0.15) is 24.4 Å². The van der Waals surface area contributed by atoms with Gasteiger partial charge in [0.1, 0.15) is 0 Å². The van der Waals surface area contributed by atoms with Crippen LogP contribution >= 0.6 is 0 Å². The smallest absolute Gasteiger partial charge is 0.392 e. The van der Waals surface area contributed by atoms with E-state index < -0.39 is 36.9 Å². The zero-order valence-corrected chi connectivity index (χ0v) is 9.52. The summed E-state index contributed by atoms with van der Waals surface area (Å²) in [5.74, 6) is -3.40. The van der Waals surface area contributed by atoms with E-state index in [1.165, 1.54) is 0 Å². The Labute approximate surface area is 102 Å². The van der Waals surface area contributed by atoms with E-state index in [0.717, 1.165) is 0 Å². The van der Waals surface area contributed by atoms with E-state index in [0.29, 0.717) is 5.56 Å². The summed E-state index contributed by atoms with van der Waals surface area (Å²) in [6.07, 6.45) is -5.94. The predicted molar refractivity (Wildman–Crippen MR) is 59.8 cm³/mol. The van der Waals surface area contributed by atoms with Crippen LogP contribution in [0.15, 0.2) is 30.3 Å². The molecule has 0 bridgehead atoms. The summed E-state index contributed by atoms with van der Waals surface area (Å²) < 4.78 is 37.9. The third-order valence-electron chi connectivity index (χ3n) is 2.65. The van der Waals surface area contributed by atoms with E-state index in [1.807, 2.05) is 0 Å². The summed E-state index contributed by atoms with van der Waals surface area (Å²) in [6, 6.07) is 7.51. The minimum Gasteiger partial charge on any atom is -0.481 e. The van der Waals surface area contributed by atoms with Gasteiger partial charge in [0.15, 0.2) is 0 Å². The van der Waals surface area contributed by atoms with E-state index in [1.54, 1.807) is 30.3 Å². The Bertz CT molecular complexity index is 392. The van der Waals surface area contributed by atoms with Crippen LogP contribution in [-0.2, 0) is 4.79 Å². The van der Waals surface area contributed by atoms with E-state index >= 15 is 0 Å². The molecule has 0 aliphatic heterocycles. The first-order chi connectivity index (χ1) is 8.30. The topological polar surface area (TPSA) is 63.3 Å². The molecule has 1 aromatic carbocycles. The van der Waals surface area contributed by atoms with Gasteiger partial charge in [0.25, 0.3) is 0 Å². The summed E-state index contributed by atoms with van der Waals surface area (Å²) in [5.41, 5.74) is 6.24. The third-order valence-corrected chi connectivity index (χ3v) is 2.65.